The molecule has 1 atom stereocenters. The molecule has 1 aromatic heterocycles. The average molecular weight is 386 g/mol. The van der Waals surface area contributed by atoms with Gasteiger partial charge in [-0.2, -0.15) is 0 Å². The zero-order valence-corrected chi connectivity index (χ0v) is 15.6. The molecule has 5 nitrogen and oxygen atoms in total. The maximum atomic E-state index is 12.2. The summed E-state index contributed by atoms with van der Waals surface area (Å²) in [5.41, 5.74) is 1.82. The molecule has 1 fully saturated rings. The molecule has 0 spiro atoms. The van der Waals surface area contributed by atoms with Gasteiger partial charge in [0.15, 0.2) is 15.0 Å². The van der Waals surface area contributed by atoms with E-state index in [-0.39, 0.29) is 29.8 Å². The van der Waals surface area contributed by atoms with Crippen molar-refractivity contribution in [2.45, 2.75) is 12.8 Å². The van der Waals surface area contributed by atoms with Crippen molar-refractivity contribution in [2.24, 2.45) is 5.92 Å². The van der Waals surface area contributed by atoms with E-state index in [1.807, 2.05) is 23.6 Å². The SMILES string of the molecule is O=C(C[C@@H]1CCS(=O)(=O)C1)Nc1nc(-c2ccc3ccccc3c2)cs1. The molecule has 1 N–H and O–H groups in total. The highest BCUT2D eigenvalue weighted by molar-refractivity contribution is 7.91. The summed E-state index contributed by atoms with van der Waals surface area (Å²) >= 11 is 1.37. The zero-order chi connectivity index (χ0) is 18.1. The molecule has 1 amide bonds. The Labute approximate surface area is 156 Å². The molecular formula is C19H18N2O3S2. The number of carbonyl (C=O) groups is 1. The Kier molecular flexibility index (Phi) is 4.50. The molecule has 26 heavy (non-hydrogen) atoms. The van der Waals surface area contributed by atoms with Gasteiger partial charge in [-0.25, -0.2) is 13.4 Å². The fraction of sp³-hybridized carbons (Fsp3) is 0.263. The van der Waals surface area contributed by atoms with Gasteiger partial charge in [-0.15, -0.1) is 11.3 Å². The van der Waals surface area contributed by atoms with E-state index in [1.54, 1.807) is 0 Å². The third kappa shape index (κ3) is 3.78. The van der Waals surface area contributed by atoms with Crippen molar-refractivity contribution in [3.8, 4) is 11.3 Å². The summed E-state index contributed by atoms with van der Waals surface area (Å²) < 4.78 is 23.0. The highest BCUT2D eigenvalue weighted by Crippen LogP contribution is 2.28. The van der Waals surface area contributed by atoms with Gasteiger partial charge in [0.25, 0.3) is 0 Å². The molecular weight excluding hydrogens is 368 g/mol. The van der Waals surface area contributed by atoms with Crippen LogP contribution in [0.1, 0.15) is 12.8 Å². The monoisotopic (exact) mass is 386 g/mol. The van der Waals surface area contributed by atoms with Crippen LogP contribution in [0.3, 0.4) is 0 Å². The van der Waals surface area contributed by atoms with E-state index in [0.717, 1.165) is 16.6 Å². The predicted octanol–water partition coefficient (Wildman–Crippen LogP) is 3.73. The van der Waals surface area contributed by atoms with Gasteiger partial charge in [0.05, 0.1) is 17.2 Å². The van der Waals surface area contributed by atoms with Gasteiger partial charge >= 0.3 is 0 Å². The van der Waals surface area contributed by atoms with Crippen molar-refractivity contribution in [3.63, 3.8) is 0 Å². The fourth-order valence-corrected chi connectivity index (χ4v) is 5.88. The molecule has 1 aliphatic rings. The molecule has 0 bridgehead atoms. The van der Waals surface area contributed by atoms with Crippen molar-refractivity contribution < 1.29 is 13.2 Å². The Morgan fingerprint density at radius 3 is 2.77 bits per heavy atom. The van der Waals surface area contributed by atoms with Gasteiger partial charge in [-0.3, -0.25) is 4.79 Å². The molecule has 0 saturated carbocycles. The van der Waals surface area contributed by atoms with Crippen molar-refractivity contribution in [1.82, 2.24) is 4.98 Å². The second-order valence-electron chi connectivity index (χ2n) is 6.62. The molecule has 0 aliphatic carbocycles. The molecule has 0 radical (unpaired) electrons. The summed E-state index contributed by atoms with van der Waals surface area (Å²) in [6.45, 7) is 0. The highest BCUT2D eigenvalue weighted by Gasteiger charge is 2.29. The van der Waals surface area contributed by atoms with Crippen LogP contribution < -0.4 is 5.32 Å². The summed E-state index contributed by atoms with van der Waals surface area (Å²) in [6.07, 6.45) is 0.792. The van der Waals surface area contributed by atoms with E-state index in [0.29, 0.717) is 11.6 Å². The molecule has 134 valence electrons. The largest absolute Gasteiger partial charge is 0.302 e. The number of thiazole rings is 1. The normalized spacial score (nSPS) is 18.8. The van der Waals surface area contributed by atoms with Crippen LogP contribution >= 0.6 is 11.3 Å². The zero-order valence-electron chi connectivity index (χ0n) is 14.0. The molecule has 2 heterocycles. The Bertz CT molecular complexity index is 1070. The van der Waals surface area contributed by atoms with Crippen molar-refractivity contribution in [2.75, 3.05) is 16.8 Å². The van der Waals surface area contributed by atoms with Crippen LogP contribution in [-0.2, 0) is 14.6 Å². The number of aromatic nitrogens is 1. The van der Waals surface area contributed by atoms with Crippen LogP contribution in [0.4, 0.5) is 5.13 Å². The van der Waals surface area contributed by atoms with E-state index >= 15 is 0 Å². The smallest absolute Gasteiger partial charge is 0.226 e. The first-order valence-corrected chi connectivity index (χ1v) is 11.1. The van der Waals surface area contributed by atoms with Crippen molar-refractivity contribution in [3.05, 3.63) is 47.8 Å². The number of benzene rings is 2. The number of rotatable bonds is 4. The van der Waals surface area contributed by atoms with Gasteiger partial charge < -0.3 is 5.32 Å². The standard InChI is InChI=1S/C19H18N2O3S2/c22-18(9-13-7-8-26(23,24)12-13)21-19-20-17(11-25-19)16-6-5-14-3-1-2-4-15(14)10-16/h1-6,10-11,13H,7-9,12H2,(H,20,21,22)/t13-/m0/s1. The number of hydrogen-bond donors (Lipinski definition) is 1. The van der Waals surface area contributed by atoms with Crippen LogP contribution in [0.2, 0.25) is 0 Å². The summed E-state index contributed by atoms with van der Waals surface area (Å²) in [6, 6.07) is 14.3. The lowest BCUT2D eigenvalue weighted by Crippen LogP contribution is -2.17. The van der Waals surface area contributed by atoms with Crippen LogP contribution in [0, 0.1) is 5.92 Å². The number of amides is 1. The minimum Gasteiger partial charge on any atom is -0.302 e. The van der Waals surface area contributed by atoms with Gasteiger partial charge in [0, 0.05) is 17.4 Å². The van der Waals surface area contributed by atoms with E-state index in [1.165, 1.54) is 16.7 Å². The lowest BCUT2D eigenvalue weighted by atomic mass is 10.1. The Balaban J connectivity index is 1.44. The Morgan fingerprint density at radius 1 is 1.19 bits per heavy atom. The summed E-state index contributed by atoms with van der Waals surface area (Å²) in [5, 5.41) is 7.57. The summed E-state index contributed by atoms with van der Waals surface area (Å²) in [5.74, 6) is 0.0426. The van der Waals surface area contributed by atoms with E-state index in [2.05, 4.69) is 34.6 Å². The Hall–Kier alpha value is -2.25. The second-order valence-corrected chi connectivity index (χ2v) is 9.71. The quantitative estimate of drug-likeness (QED) is 0.741. The minimum absolute atomic E-state index is 0.0834. The molecule has 2 aromatic carbocycles. The van der Waals surface area contributed by atoms with Crippen molar-refractivity contribution >= 4 is 43.0 Å². The number of sulfone groups is 1. The van der Waals surface area contributed by atoms with Crippen LogP contribution in [0.5, 0.6) is 0 Å². The first-order chi connectivity index (χ1) is 12.5. The third-order valence-corrected chi connectivity index (χ3v) is 7.19. The maximum absolute atomic E-state index is 12.2. The molecule has 0 unspecified atom stereocenters. The number of nitrogens with one attached hydrogen (secondary N) is 1. The molecule has 1 saturated heterocycles. The number of nitrogens with zero attached hydrogens (tertiary/aromatic N) is 1. The average Bonchev–Trinajstić information content (AvgIpc) is 3.20. The van der Waals surface area contributed by atoms with Gasteiger partial charge in [-0.05, 0) is 29.2 Å². The first kappa shape index (κ1) is 17.2. The van der Waals surface area contributed by atoms with Crippen LogP contribution in [-0.4, -0.2) is 30.8 Å². The van der Waals surface area contributed by atoms with E-state index in [4.69, 9.17) is 0 Å². The lowest BCUT2D eigenvalue weighted by Gasteiger charge is -2.06. The van der Waals surface area contributed by atoms with Gasteiger partial charge in [-0.1, -0.05) is 36.4 Å². The predicted molar refractivity (Wildman–Crippen MR) is 105 cm³/mol. The van der Waals surface area contributed by atoms with Crippen LogP contribution in [0.15, 0.2) is 47.8 Å². The second kappa shape index (κ2) is 6.81. The topological polar surface area (TPSA) is 76.1 Å². The van der Waals surface area contributed by atoms with Crippen molar-refractivity contribution in [1.29, 1.82) is 0 Å². The Morgan fingerprint density at radius 2 is 2.00 bits per heavy atom. The molecule has 7 heteroatoms. The summed E-state index contributed by atoms with van der Waals surface area (Å²) in [4.78, 5) is 16.7. The first-order valence-electron chi connectivity index (χ1n) is 8.43. The van der Waals surface area contributed by atoms with E-state index < -0.39 is 9.84 Å². The van der Waals surface area contributed by atoms with Crippen LogP contribution in [0.25, 0.3) is 22.0 Å². The van der Waals surface area contributed by atoms with Gasteiger partial charge in [0.2, 0.25) is 5.91 Å². The number of carbonyl (C=O) groups excluding carboxylic acids is 1. The number of hydrogen-bond acceptors (Lipinski definition) is 5. The number of anilines is 1. The molecule has 1 aliphatic heterocycles. The van der Waals surface area contributed by atoms with E-state index in [9.17, 15) is 13.2 Å². The molecule has 3 aromatic rings. The highest BCUT2D eigenvalue weighted by atomic mass is 32.2. The third-order valence-electron chi connectivity index (χ3n) is 4.60. The number of fused-ring (bicyclic) bond motifs is 1. The molecule has 4 rings (SSSR count). The van der Waals surface area contributed by atoms with Gasteiger partial charge in [0.1, 0.15) is 0 Å². The lowest BCUT2D eigenvalue weighted by molar-refractivity contribution is -0.116. The fourth-order valence-electron chi connectivity index (χ4n) is 3.28. The maximum Gasteiger partial charge on any atom is 0.226 e. The minimum atomic E-state index is -2.96. The summed E-state index contributed by atoms with van der Waals surface area (Å²) in [7, 11) is -2.96.